The summed E-state index contributed by atoms with van der Waals surface area (Å²) in [5, 5.41) is 3.08. The quantitative estimate of drug-likeness (QED) is 0.802. The Morgan fingerprint density at radius 3 is 2.70 bits per heavy atom. The molecule has 1 aliphatic rings. The highest BCUT2D eigenvalue weighted by molar-refractivity contribution is 5.75. The van der Waals surface area contributed by atoms with Gasteiger partial charge < -0.3 is 11.1 Å². The Morgan fingerprint density at radius 1 is 1.20 bits per heavy atom. The third-order valence-electron chi connectivity index (χ3n) is 4.39. The summed E-state index contributed by atoms with van der Waals surface area (Å²) in [5.41, 5.74) is 7.07. The zero-order valence-electron chi connectivity index (χ0n) is 12.2. The van der Waals surface area contributed by atoms with Crippen molar-refractivity contribution in [3.8, 4) is 0 Å². The van der Waals surface area contributed by atoms with E-state index in [0.717, 1.165) is 25.9 Å². The van der Waals surface area contributed by atoms with Crippen LogP contribution >= 0.6 is 0 Å². The lowest BCUT2D eigenvalue weighted by atomic mass is 9.96. The largest absolute Gasteiger partial charge is 0.356 e. The summed E-state index contributed by atoms with van der Waals surface area (Å²) in [6.07, 6.45) is 6.21. The van der Waals surface area contributed by atoms with Crippen LogP contribution in [-0.4, -0.2) is 19.0 Å². The molecule has 3 N–H and O–H groups in total. The van der Waals surface area contributed by atoms with E-state index in [0.29, 0.717) is 18.3 Å². The van der Waals surface area contributed by atoms with Gasteiger partial charge in [-0.05, 0) is 49.6 Å². The van der Waals surface area contributed by atoms with Gasteiger partial charge in [-0.1, -0.05) is 36.8 Å². The van der Waals surface area contributed by atoms with Crippen molar-refractivity contribution >= 4 is 5.91 Å². The number of amides is 1. The van der Waals surface area contributed by atoms with Gasteiger partial charge in [-0.15, -0.1) is 0 Å². The molecule has 0 radical (unpaired) electrons. The van der Waals surface area contributed by atoms with E-state index in [4.69, 9.17) is 5.73 Å². The predicted molar refractivity (Wildman–Crippen MR) is 82.3 cm³/mol. The minimum absolute atomic E-state index is 0.184. The minimum Gasteiger partial charge on any atom is -0.356 e. The topological polar surface area (TPSA) is 55.1 Å². The third-order valence-corrected chi connectivity index (χ3v) is 4.39. The summed E-state index contributed by atoms with van der Waals surface area (Å²) in [7, 11) is 0. The molecule has 0 bridgehead atoms. The van der Waals surface area contributed by atoms with Crippen LogP contribution in [0.1, 0.15) is 37.7 Å². The molecule has 0 spiro atoms. The average Bonchev–Trinajstić information content (AvgIpc) is 2.94. The maximum Gasteiger partial charge on any atom is 0.220 e. The van der Waals surface area contributed by atoms with Gasteiger partial charge in [0.15, 0.2) is 0 Å². The zero-order chi connectivity index (χ0) is 14.2. The summed E-state index contributed by atoms with van der Waals surface area (Å²) in [6, 6.07) is 10.3. The lowest BCUT2D eigenvalue weighted by Gasteiger charge is -2.18. The molecule has 2 unspecified atom stereocenters. The van der Waals surface area contributed by atoms with E-state index >= 15 is 0 Å². The fraction of sp³-hybridized carbons (Fsp3) is 0.588. The van der Waals surface area contributed by atoms with Crippen molar-refractivity contribution in [2.45, 2.75) is 38.5 Å². The van der Waals surface area contributed by atoms with Crippen LogP contribution in [0.15, 0.2) is 30.3 Å². The van der Waals surface area contributed by atoms with E-state index in [-0.39, 0.29) is 5.91 Å². The summed E-state index contributed by atoms with van der Waals surface area (Å²) < 4.78 is 0. The van der Waals surface area contributed by atoms with Gasteiger partial charge in [0.05, 0.1) is 0 Å². The van der Waals surface area contributed by atoms with Crippen LogP contribution in [0.3, 0.4) is 0 Å². The minimum atomic E-state index is 0.184. The Hall–Kier alpha value is -1.35. The van der Waals surface area contributed by atoms with Crippen LogP contribution in [0, 0.1) is 11.8 Å². The first-order valence-electron chi connectivity index (χ1n) is 7.80. The molecule has 2 atom stereocenters. The molecule has 2 rings (SSSR count). The fourth-order valence-corrected chi connectivity index (χ4v) is 3.12. The zero-order valence-corrected chi connectivity index (χ0v) is 12.2. The van der Waals surface area contributed by atoms with Crippen LogP contribution in [0.25, 0.3) is 0 Å². The second-order valence-electron chi connectivity index (χ2n) is 5.83. The first-order valence-corrected chi connectivity index (χ1v) is 7.80. The lowest BCUT2D eigenvalue weighted by Crippen LogP contribution is -2.32. The molecule has 20 heavy (non-hydrogen) atoms. The van der Waals surface area contributed by atoms with E-state index < -0.39 is 0 Å². The van der Waals surface area contributed by atoms with Crippen molar-refractivity contribution in [3.63, 3.8) is 0 Å². The van der Waals surface area contributed by atoms with E-state index in [1.165, 1.54) is 24.8 Å². The van der Waals surface area contributed by atoms with Gasteiger partial charge in [-0.2, -0.15) is 0 Å². The second kappa shape index (κ2) is 8.05. The Kier molecular flexibility index (Phi) is 6.06. The second-order valence-corrected chi connectivity index (χ2v) is 5.83. The molecule has 0 aromatic heterocycles. The number of nitrogens with two attached hydrogens (primary N) is 1. The summed E-state index contributed by atoms with van der Waals surface area (Å²) in [5.74, 6) is 1.39. The first-order chi connectivity index (χ1) is 9.79. The molecule has 1 aromatic carbocycles. The van der Waals surface area contributed by atoms with Crippen molar-refractivity contribution in [1.82, 2.24) is 5.32 Å². The number of carbonyl (C=O) groups is 1. The molecule has 1 aliphatic carbocycles. The Balaban J connectivity index is 1.61. The maximum atomic E-state index is 11.8. The number of hydrogen-bond acceptors (Lipinski definition) is 2. The van der Waals surface area contributed by atoms with E-state index in [1.807, 2.05) is 18.2 Å². The van der Waals surface area contributed by atoms with Crippen molar-refractivity contribution in [2.24, 2.45) is 17.6 Å². The molecule has 1 fully saturated rings. The molecule has 3 nitrogen and oxygen atoms in total. The highest BCUT2D eigenvalue weighted by atomic mass is 16.1. The Morgan fingerprint density at radius 2 is 1.95 bits per heavy atom. The molecule has 0 heterocycles. The van der Waals surface area contributed by atoms with Gasteiger partial charge in [0.1, 0.15) is 0 Å². The van der Waals surface area contributed by atoms with Gasteiger partial charge in [0, 0.05) is 13.0 Å². The van der Waals surface area contributed by atoms with Crippen molar-refractivity contribution in [2.75, 3.05) is 13.1 Å². The smallest absolute Gasteiger partial charge is 0.220 e. The van der Waals surface area contributed by atoms with Crippen LogP contribution in [-0.2, 0) is 11.2 Å². The molecular formula is C17H26N2O. The number of benzene rings is 1. The molecule has 0 saturated heterocycles. The Bertz CT molecular complexity index is 405. The number of carbonyl (C=O) groups excluding carboxylic acids is 1. The number of nitrogens with one attached hydrogen (secondary N) is 1. The summed E-state index contributed by atoms with van der Waals surface area (Å²) in [4.78, 5) is 11.8. The molecule has 0 aliphatic heterocycles. The van der Waals surface area contributed by atoms with Crippen molar-refractivity contribution in [1.29, 1.82) is 0 Å². The van der Waals surface area contributed by atoms with Gasteiger partial charge in [0.25, 0.3) is 0 Å². The normalized spacial score (nSPS) is 21.9. The van der Waals surface area contributed by atoms with Gasteiger partial charge in [-0.25, -0.2) is 0 Å². The molecule has 1 amide bonds. The maximum absolute atomic E-state index is 11.8. The van der Waals surface area contributed by atoms with Crippen LogP contribution in [0.5, 0.6) is 0 Å². The molecule has 110 valence electrons. The molecular weight excluding hydrogens is 248 g/mol. The third kappa shape index (κ3) is 4.64. The lowest BCUT2D eigenvalue weighted by molar-refractivity contribution is -0.121. The fourth-order valence-electron chi connectivity index (χ4n) is 3.12. The number of hydrogen-bond donors (Lipinski definition) is 2. The van der Waals surface area contributed by atoms with Crippen molar-refractivity contribution < 1.29 is 4.79 Å². The monoisotopic (exact) mass is 274 g/mol. The molecule has 3 heteroatoms. The number of rotatable bonds is 7. The van der Waals surface area contributed by atoms with Gasteiger partial charge in [-0.3, -0.25) is 4.79 Å². The van der Waals surface area contributed by atoms with Gasteiger partial charge >= 0.3 is 0 Å². The van der Waals surface area contributed by atoms with Crippen molar-refractivity contribution in [3.05, 3.63) is 35.9 Å². The van der Waals surface area contributed by atoms with E-state index in [9.17, 15) is 4.79 Å². The van der Waals surface area contributed by atoms with Crippen LogP contribution in [0.4, 0.5) is 0 Å². The van der Waals surface area contributed by atoms with Crippen LogP contribution < -0.4 is 11.1 Å². The van der Waals surface area contributed by atoms with Crippen LogP contribution in [0.2, 0.25) is 0 Å². The van der Waals surface area contributed by atoms with Gasteiger partial charge in [0.2, 0.25) is 5.91 Å². The summed E-state index contributed by atoms with van der Waals surface area (Å²) >= 11 is 0. The average molecular weight is 274 g/mol. The SMILES string of the molecule is NCC1CCCC1CNC(=O)CCCc1ccccc1. The molecule has 1 aromatic rings. The number of aryl methyl sites for hydroxylation is 1. The summed E-state index contributed by atoms with van der Waals surface area (Å²) in [6.45, 7) is 1.57. The van der Waals surface area contributed by atoms with E-state index in [2.05, 4.69) is 17.4 Å². The standard InChI is InChI=1S/C17H26N2O/c18-12-15-9-5-10-16(15)13-19-17(20)11-4-8-14-6-2-1-3-7-14/h1-3,6-7,15-16H,4-5,8-13,18H2,(H,19,20). The Labute approximate surface area is 121 Å². The highest BCUT2D eigenvalue weighted by Gasteiger charge is 2.25. The highest BCUT2D eigenvalue weighted by Crippen LogP contribution is 2.30. The van der Waals surface area contributed by atoms with E-state index in [1.54, 1.807) is 0 Å². The first kappa shape index (κ1) is 15.0. The molecule has 1 saturated carbocycles. The predicted octanol–water partition coefficient (Wildman–Crippen LogP) is 2.50.